The molecule has 0 saturated heterocycles. The third-order valence-electron chi connectivity index (χ3n) is 3.57. The van der Waals surface area contributed by atoms with Crippen LogP contribution in [0.2, 0.25) is 10.0 Å². The van der Waals surface area contributed by atoms with Gasteiger partial charge >= 0.3 is 5.43 Å². The number of carbonyl (C=O) groups is 1. The molecule has 1 aromatic carbocycles. The number of benzene rings is 1. The predicted octanol–water partition coefficient (Wildman–Crippen LogP) is 5.99. The Morgan fingerprint density at radius 3 is 2.53 bits per heavy atom. The molecule has 0 radical (unpaired) electrons. The van der Waals surface area contributed by atoms with Crippen LogP contribution in [0.1, 0.15) is 43.8 Å². The highest BCUT2D eigenvalue weighted by atomic mass is 35.5. The van der Waals surface area contributed by atoms with Gasteiger partial charge in [-0.15, -0.1) is 0 Å². The lowest BCUT2D eigenvalue weighted by atomic mass is 9.95. The van der Waals surface area contributed by atoms with Crippen molar-refractivity contribution in [2.75, 3.05) is 0 Å². The molecule has 2 rings (SSSR count). The Balaban J connectivity index is 2.15. The van der Waals surface area contributed by atoms with E-state index in [9.17, 15) is 4.79 Å². The number of rotatable bonds is 4. The van der Waals surface area contributed by atoms with Gasteiger partial charge in [0, 0.05) is 11.6 Å². The first kappa shape index (κ1) is 15.0. The van der Waals surface area contributed by atoms with E-state index in [0.717, 1.165) is 12.0 Å². The Morgan fingerprint density at radius 1 is 1.26 bits per heavy atom. The Morgan fingerprint density at radius 2 is 1.95 bits per heavy atom. The molecule has 1 aliphatic carbocycles. The molecule has 0 bridgehead atoms. The van der Waals surface area contributed by atoms with Crippen molar-refractivity contribution < 1.29 is 9.53 Å². The van der Waals surface area contributed by atoms with Gasteiger partial charge < -0.3 is 4.74 Å². The predicted molar refractivity (Wildman–Crippen MR) is 78.1 cm³/mol. The largest absolute Gasteiger partial charge is 0.445 e. The molecule has 0 aliphatic heterocycles. The van der Waals surface area contributed by atoms with Gasteiger partial charge in [0.1, 0.15) is 6.10 Å². The highest BCUT2D eigenvalue weighted by molar-refractivity contribution is 6.61. The fourth-order valence-electron chi connectivity index (χ4n) is 2.63. The lowest BCUT2D eigenvalue weighted by Crippen LogP contribution is -2.10. The molecule has 0 N–H and O–H groups in total. The fourth-order valence-corrected chi connectivity index (χ4v) is 3.04. The summed E-state index contributed by atoms with van der Waals surface area (Å²) in [5.74, 6) is 0.579. The van der Waals surface area contributed by atoms with Crippen LogP contribution in [0.25, 0.3) is 0 Å². The standard InChI is InChI=1S/C14H15Cl3O2/c15-11-6-5-10(8-12(11)16)13(19-14(17)18)7-9-3-1-2-4-9/h5-6,8-9,13H,1-4,7H2. The molecule has 0 spiro atoms. The maximum absolute atomic E-state index is 11.0. The van der Waals surface area contributed by atoms with Crippen LogP contribution in [0, 0.1) is 5.92 Å². The number of carbonyl (C=O) groups excluding carboxylic acids is 1. The summed E-state index contributed by atoms with van der Waals surface area (Å²) in [6.45, 7) is 0. The van der Waals surface area contributed by atoms with Crippen molar-refractivity contribution in [3.8, 4) is 0 Å². The van der Waals surface area contributed by atoms with Crippen molar-refractivity contribution in [2.24, 2.45) is 5.92 Å². The third kappa shape index (κ3) is 4.27. The van der Waals surface area contributed by atoms with E-state index in [1.165, 1.54) is 25.7 Å². The van der Waals surface area contributed by atoms with Gasteiger partial charge in [0.25, 0.3) is 0 Å². The van der Waals surface area contributed by atoms with Crippen LogP contribution in [-0.2, 0) is 4.74 Å². The molecule has 1 fully saturated rings. The second-order valence-corrected chi connectivity index (χ2v) is 6.03. The summed E-state index contributed by atoms with van der Waals surface area (Å²) in [4.78, 5) is 11.0. The molecule has 1 aliphatic rings. The zero-order valence-corrected chi connectivity index (χ0v) is 12.6. The first-order chi connectivity index (χ1) is 9.06. The smallest absolute Gasteiger partial charge is 0.404 e. The maximum Gasteiger partial charge on any atom is 0.404 e. The molecule has 1 aromatic rings. The Hall–Kier alpha value is -0.440. The Labute approximate surface area is 128 Å². The summed E-state index contributed by atoms with van der Waals surface area (Å²) in [6.07, 6.45) is 5.29. The Kier molecular flexibility index (Phi) is 5.37. The van der Waals surface area contributed by atoms with Crippen molar-refractivity contribution in [3.63, 3.8) is 0 Å². The monoisotopic (exact) mass is 320 g/mol. The van der Waals surface area contributed by atoms with Crippen molar-refractivity contribution >= 4 is 40.2 Å². The van der Waals surface area contributed by atoms with Gasteiger partial charge in [-0.05, 0) is 30.0 Å². The van der Waals surface area contributed by atoms with E-state index < -0.39 is 5.43 Å². The number of halogens is 3. The average molecular weight is 322 g/mol. The lowest BCUT2D eigenvalue weighted by molar-refractivity contribution is 0.104. The van der Waals surface area contributed by atoms with Gasteiger partial charge in [0.2, 0.25) is 0 Å². The molecule has 104 valence electrons. The van der Waals surface area contributed by atoms with E-state index in [2.05, 4.69) is 0 Å². The topological polar surface area (TPSA) is 26.3 Å². The molecule has 2 nitrogen and oxygen atoms in total. The van der Waals surface area contributed by atoms with Gasteiger partial charge in [0.15, 0.2) is 0 Å². The average Bonchev–Trinajstić information content (AvgIpc) is 2.84. The zero-order chi connectivity index (χ0) is 13.8. The minimum absolute atomic E-state index is 0.345. The Bertz CT molecular complexity index is 456. The van der Waals surface area contributed by atoms with E-state index in [0.29, 0.717) is 16.0 Å². The van der Waals surface area contributed by atoms with Crippen LogP contribution in [0.5, 0.6) is 0 Å². The van der Waals surface area contributed by atoms with Gasteiger partial charge in [-0.2, -0.15) is 0 Å². The molecular formula is C14H15Cl3O2. The van der Waals surface area contributed by atoms with Crippen molar-refractivity contribution in [1.82, 2.24) is 0 Å². The van der Waals surface area contributed by atoms with Crippen LogP contribution in [-0.4, -0.2) is 5.43 Å². The minimum Gasteiger partial charge on any atom is -0.445 e. The van der Waals surface area contributed by atoms with Gasteiger partial charge in [0.05, 0.1) is 10.0 Å². The summed E-state index contributed by atoms with van der Waals surface area (Å²) in [5, 5.41) is 0.948. The molecular weight excluding hydrogens is 307 g/mol. The van der Waals surface area contributed by atoms with E-state index in [1.54, 1.807) is 12.1 Å². The third-order valence-corrected chi connectivity index (χ3v) is 4.40. The second-order valence-electron chi connectivity index (χ2n) is 4.90. The molecule has 1 unspecified atom stereocenters. The van der Waals surface area contributed by atoms with Crippen molar-refractivity contribution in [2.45, 2.75) is 38.2 Å². The van der Waals surface area contributed by atoms with E-state index in [-0.39, 0.29) is 6.10 Å². The fraction of sp³-hybridized carbons (Fsp3) is 0.500. The summed E-state index contributed by atoms with van der Waals surface area (Å²) in [5.41, 5.74) is 0.0596. The van der Waals surface area contributed by atoms with E-state index >= 15 is 0 Å². The quantitative estimate of drug-likeness (QED) is 0.637. The van der Waals surface area contributed by atoms with Crippen LogP contribution in [0.15, 0.2) is 18.2 Å². The van der Waals surface area contributed by atoms with Gasteiger partial charge in [-0.1, -0.05) is 55.0 Å². The zero-order valence-electron chi connectivity index (χ0n) is 10.4. The van der Waals surface area contributed by atoms with Crippen molar-refractivity contribution in [3.05, 3.63) is 33.8 Å². The number of ether oxygens (including phenoxy) is 1. The highest BCUT2D eigenvalue weighted by Gasteiger charge is 2.24. The first-order valence-corrected chi connectivity index (χ1v) is 7.50. The lowest BCUT2D eigenvalue weighted by Gasteiger charge is -2.20. The first-order valence-electron chi connectivity index (χ1n) is 6.37. The summed E-state index contributed by atoms with van der Waals surface area (Å²) in [6, 6.07) is 5.28. The highest BCUT2D eigenvalue weighted by Crippen LogP contribution is 2.36. The molecule has 1 atom stereocenters. The normalized spacial score (nSPS) is 17.4. The molecule has 5 heteroatoms. The summed E-state index contributed by atoms with van der Waals surface area (Å²) >= 11 is 17.3. The van der Waals surface area contributed by atoms with Crippen LogP contribution in [0.3, 0.4) is 0 Å². The number of hydrogen-bond acceptors (Lipinski definition) is 2. The summed E-state index contributed by atoms with van der Waals surface area (Å²) in [7, 11) is 0. The van der Waals surface area contributed by atoms with Crippen molar-refractivity contribution in [1.29, 1.82) is 0 Å². The SMILES string of the molecule is O=C(Cl)OC(CC1CCCC1)c1ccc(Cl)c(Cl)c1. The van der Waals surface area contributed by atoms with E-state index in [4.69, 9.17) is 39.5 Å². The second kappa shape index (κ2) is 6.83. The summed E-state index contributed by atoms with van der Waals surface area (Å²) < 4.78 is 5.22. The molecule has 1 saturated carbocycles. The van der Waals surface area contributed by atoms with Crippen LogP contribution < -0.4 is 0 Å². The van der Waals surface area contributed by atoms with Gasteiger partial charge in [-0.25, -0.2) is 4.79 Å². The van der Waals surface area contributed by atoms with E-state index in [1.807, 2.05) is 6.07 Å². The van der Waals surface area contributed by atoms with Gasteiger partial charge in [-0.3, -0.25) is 0 Å². The van der Waals surface area contributed by atoms with Crippen LogP contribution >= 0.6 is 34.8 Å². The minimum atomic E-state index is -0.783. The molecule has 0 heterocycles. The van der Waals surface area contributed by atoms with Crippen LogP contribution in [0.4, 0.5) is 4.79 Å². The maximum atomic E-state index is 11.0. The molecule has 19 heavy (non-hydrogen) atoms. The number of hydrogen-bond donors (Lipinski definition) is 0. The molecule has 0 amide bonds. The molecule has 0 aromatic heterocycles.